The van der Waals surface area contributed by atoms with Crippen LogP contribution in [-0.2, 0) is 0 Å². The van der Waals surface area contributed by atoms with Crippen molar-refractivity contribution in [2.45, 2.75) is 0 Å². The summed E-state index contributed by atoms with van der Waals surface area (Å²) in [7, 11) is 0. The fourth-order valence-electron chi connectivity index (χ4n) is 9.11. The molecule has 0 bridgehead atoms. The highest BCUT2D eigenvalue weighted by molar-refractivity contribution is 6.09. The molecule has 67 heavy (non-hydrogen) atoms. The number of hydrogen-bond acceptors (Lipinski definition) is 4. The minimum atomic E-state index is 0.598. The van der Waals surface area contributed by atoms with Crippen LogP contribution in [0.4, 0.5) is 0 Å². The molecule has 12 aromatic rings. The highest BCUT2D eigenvalue weighted by Crippen LogP contribution is 2.38. The first-order valence-corrected chi connectivity index (χ1v) is 22.6. The standard InChI is InChI=1S/C63H41N3O/c1-3-15-42(16-4-1)46-19-9-21-48(37-46)44-33-35-45(36-34-44)61-64-62(54-27-12-24-51(40-54)49-22-10-20-47(38-49)43-17-5-2-6-18-43)66-63(65-61)55-28-13-25-52(41-55)50-23-11-26-53(39-50)56-30-14-31-58-57-29-7-8-32-59(57)67-60(56)58/h1-41H. The van der Waals surface area contributed by atoms with E-state index in [0.29, 0.717) is 17.5 Å². The molecule has 0 fully saturated rings. The minimum absolute atomic E-state index is 0.598. The number of fused-ring (bicyclic) bond motifs is 3. The zero-order valence-corrected chi connectivity index (χ0v) is 36.4. The summed E-state index contributed by atoms with van der Waals surface area (Å²) in [5, 5.41) is 2.23. The largest absolute Gasteiger partial charge is 0.455 e. The smallest absolute Gasteiger partial charge is 0.164 e. The summed E-state index contributed by atoms with van der Waals surface area (Å²) in [6.45, 7) is 0. The lowest BCUT2D eigenvalue weighted by atomic mass is 9.96. The van der Waals surface area contributed by atoms with Gasteiger partial charge in [0, 0.05) is 33.0 Å². The molecule has 12 rings (SSSR count). The van der Waals surface area contributed by atoms with Crippen LogP contribution in [-0.4, -0.2) is 15.0 Å². The van der Waals surface area contributed by atoms with Crippen molar-refractivity contribution >= 4 is 21.9 Å². The number of hydrogen-bond donors (Lipinski definition) is 0. The fourth-order valence-corrected chi connectivity index (χ4v) is 9.11. The average Bonchev–Trinajstić information content (AvgIpc) is 3.81. The lowest BCUT2D eigenvalue weighted by Gasteiger charge is -2.12. The van der Waals surface area contributed by atoms with Gasteiger partial charge in [0.2, 0.25) is 0 Å². The van der Waals surface area contributed by atoms with Crippen LogP contribution in [0, 0.1) is 0 Å². The van der Waals surface area contributed by atoms with Crippen molar-refractivity contribution in [2.75, 3.05) is 0 Å². The van der Waals surface area contributed by atoms with E-state index in [-0.39, 0.29) is 0 Å². The molecule has 0 atom stereocenters. The second-order valence-electron chi connectivity index (χ2n) is 16.8. The maximum Gasteiger partial charge on any atom is 0.164 e. The second-order valence-corrected chi connectivity index (χ2v) is 16.8. The number of nitrogens with zero attached hydrogens (tertiary/aromatic N) is 3. The van der Waals surface area contributed by atoms with Crippen LogP contribution in [0.1, 0.15) is 0 Å². The highest BCUT2D eigenvalue weighted by atomic mass is 16.3. The Morgan fingerprint density at radius 3 is 1.07 bits per heavy atom. The van der Waals surface area contributed by atoms with Gasteiger partial charge in [-0.1, -0.05) is 212 Å². The normalized spacial score (nSPS) is 11.3. The predicted octanol–water partition coefficient (Wildman–Crippen LogP) is 16.8. The Morgan fingerprint density at radius 1 is 0.224 bits per heavy atom. The summed E-state index contributed by atoms with van der Waals surface area (Å²) in [5.74, 6) is 1.81. The second kappa shape index (κ2) is 17.2. The zero-order valence-electron chi connectivity index (χ0n) is 36.4. The van der Waals surface area contributed by atoms with Gasteiger partial charge in [-0.25, -0.2) is 15.0 Å². The zero-order chi connectivity index (χ0) is 44.5. The van der Waals surface area contributed by atoms with Crippen LogP contribution in [0.5, 0.6) is 0 Å². The number of para-hydroxylation sites is 2. The fraction of sp³-hybridized carbons (Fsp3) is 0. The Labute approximate surface area is 389 Å². The molecule has 0 aliphatic rings. The van der Waals surface area contributed by atoms with Gasteiger partial charge in [0.15, 0.2) is 17.5 Å². The molecule has 0 radical (unpaired) electrons. The molecule has 0 saturated heterocycles. The summed E-state index contributed by atoms with van der Waals surface area (Å²) in [5.41, 5.74) is 18.0. The van der Waals surface area contributed by atoms with E-state index in [1.807, 2.05) is 24.3 Å². The third-order valence-corrected chi connectivity index (χ3v) is 12.5. The average molecular weight is 856 g/mol. The number of benzene rings is 10. The first-order valence-electron chi connectivity index (χ1n) is 22.6. The topological polar surface area (TPSA) is 51.8 Å². The Kier molecular flexibility index (Phi) is 10.2. The SMILES string of the molecule is c1ccc(-c2cccc(-c3ccc(-c4nc(-c5cccc(-c6cccc(-c7ccccc7)c6)c5)nc(-c5cccc(-c6cccc(-c7cccc8c7oc7ccccc78)c6)c5)n4)cc3)c2)cc1. The van der Waals surface area contributed by atoms with Crippen LogP contribution in [0.2, 0.25) is 0 Å². The Bertz CT molecular complexity index is 3740. The van der Waals surface area contributed by atoms with Crippen molar-refractivity contribution < 1.29 is 4.42 Å². The van der Waals surface area contributed by atoms with Gasteiger partial charge in [0.25, 0.3) is 0 Å². The van der Waals surface area contributed by atoms with Crippen molar-refractivity contribution in [1.82, 2.24) is 15.0 Å². The highest BCUT2D eigenvalue weighted by Gasteiger charge is 2.16. The molecule has 0 aliphatic heterocycles. The van der Waals surface area contributed by atoms with Gasteiger partial charge < -0.3 is 4.42 Å². The third-order valence-electron chi connectivity index (χ3n) is 12.5. The van der Waals surface area contributed by atoms with E-state index in [0.717, 1.165) is 83.1 Å². The lowest BCUT2D eigenvalue weighted by molar-refractivity contribution is 0.670. The van der Waals surface area contributed by atoms with E-state index in [4.69, 9.17) is 19.4 Å². The molecule has 0 saturated carbocycles. The van der Waals surface area contributed by atoms with Gasteiger partial charge in [-0.05, 0) is 97.6 Å². The molecule has 0 N–H and O–H groups in total. The van der Waals surface area contributed by atoms with Gasteiger partial charge in [-0.3, -0.25) is 0 Å². The summed E-state index contributed by atoms with van der Waals surface area (Å²) >= 11 is 0. The van der Waals surface area contributed by atoms with E-state index in [1.54, 1.807) is 0 Å². The van der Waals surface area contributed by atoms with E-state index >= 15 is 0 Å². The number of furan rings is 1. The molecule has 0 unspecified atom stereocenters. The molecule has 0 aliphatic carbocycles. The summed E-state index contributed by atoms with van der Waals surface area (Å²) in [4.78, 5) is 15.6. The summed E-state index contributed by atoms with van der Waals surface area (Å²) < 4.78 is 6.44. The molecular weight excluding hydrogens is 815 g/mol. The lowest BCUT2D eigenvalue weighted by Crippen LogP contribution is -2.00. The van der Waals surface area contributed by atoms with Gasteiger partial charge in [-0.15, -0.1) is 0 Å². The van der Waals surface area contributed by atoms with E-state index in [9.17, 15) is 0 Å². The molecule has 4 nitrogen and oxygen atoms in total. The van der Waals surface area contributed by atoms with Crippen molar-refractivity contribution in [1.29, 1.82) is 0 Å². The van der Waals surface area contributed by atoms with Gasteiger partial charge in [-0.2, -0.15) is 0 Å². The van der Waals surface area contributed by atoms with Gasteiger partial charge >= 0.3 is 0 Å². The molecule has 4 heteroatoms. The first-order chi connectivity index (χ1) is 33.2. The van der Waals surface area contributed by atoms with Crippen LogP contribution in [0.15, 0.2) is 253 Å². The van der Waals surface area contributed by atoms with Crippen LogP contribution in [0.3, 0.4) is 0 Å². The van der Waals surface area contributed by atoms with E-state index in [2.05, 4.69) is 224 Å². The molecular formula is C63H41N3O. The van der Waals surface area contributed by atoms with Crippen molar-refractivity contribution in [2.24, 2.45) is 0 Å². The summed E-state index contributed by atoms with van der Waals surface area (Å²) in [6, 6.07) is 87.1. The predicted molar refractivity (Wildman–Crippen MR) is 276 cm³/mol. The molecule has 314 valence electrons. The maximum atomic E-state index is 6.44. The maximum absolute atomic E-state index is 6.44. The monoisotopic (exact) mass is 855 g/mol. The molecule has 2 heterocycles. The molecule has 0 amide bonds. The van der Waals surface area contributed by atoms with Crippen molar-refractivity contribution in [3.05, 3.63) is 249 Å². The third kappa shape index (κ3) is 7.88. The van der Waals surface area contributed by atoms with Gasteiger partial charge in [0.05, 0.1) is 0 Å². The van der Waals surface area contributed by atoms with Crippen LogP contribution < -0.4 is 0 Å². The van der Waals surface area contributed by atoms with Gasteiger partial charge in [0.1, 0.15) is 11.2 Å². The summed E-state index contributed by atoms with van der Waals surface area (Å²) in [6.07, 6.45) is 0. The first kappa shape index (κ1) is 39.6. The Morgan fingerprint density at radius 2 is 0.552 bits per heavy atom. The van der Waals surface area contributed by atoms with Crippen LogP contribution in [0.25, 0.3) is 123 Å². The minimum Gasteiger partial charge on any atom is -0.455 e. The molecule has 2 aromatic heterocycles. The molecule has 10 aromatic carbocycles. The number of rotatable bonds is 9. The Hall–Kier alpha value is -8.99. The van der Waals surface area contributed by atoms with Crippen molar-refractivity contribution in [3.63, 3.8) is 0 Å². The van der Waals surface area contributed by atoms with Crippen LogP contribution >= 0.6 is 0 Å². The molecule has 0 spiro atoms. The quantitative estimate of drug-likeness (QED) is 0.145. The van der Waals surface area contributed by atoms with E-state index in [1.165, 1.54) is 22.3 Å². The van der Waals surface area contributed by atoms with Crippen molar-refractivity contribution in [3.8, 4) is 101 Å². The number of aromatic nitrogens is 3. The Balaban J connectivity index is 0.936. The van der Waals surface area contributed by atoms with E-state index < -0.39 is 0 Å².